The molecule has 5 heteroatoms. The molecule has 3 aliphatic rings. The molecule has 29 heavy (non-hydrogen) atoms. The van der Waals surface area contributed by atoms with Gasteiger partial charge in [0.25, 0.3) is 0 Å². The number of ketones is 1. The van der Waals surface area contributed by atoms with Gasteiger partial charge < -0.3 is 5.11 Å². The Bertz CT molecular complexity index is 698. The molecule has 164 valence electrons. The van der Waals surface area contributed by atoms with E-state index in [4.69, 9.17) is 9.78 Å². The fourth-order valence-corrected chi connectivity index (χ4v) is 6.16. The summed E-state index contributed by atoms with van der Waals surface area (Å²) < 4.78 is 0. The number of rotatable bonds is 5. The molecule has 5 nitrogen and oxygen atoms in total. The van der Waals surface area contributed by atoms with Crippen LogP contribution >= 0.6 is 0 Å². The lowest BCUT2D eigenvalue weighted by Gasteiger charge is -2.55. The molecule has 1 N–H and O–H groups in total. The summed E-state index contributed by atoms with van der Waals surface area (Å²) in [6.45, 7) is 12.7. The molecule has 0 spiro atoms. The minimum absolute atomic E-state index is 0.0754. The number of hydrogen-bond acceptors (Lipinski definition) is 4. The largest absolute Gasteiger partial charge is 0.481 e. The second-order valence-electron chi connectivity index (χ2n) is 10.9. The van der Waals surface area contributed by atoms with Crippen LogP contribution in [-0.2, 0) is 19.4 Å². The highest BCUT2D eigenvalue weighted by Gasteiger charge is 2.52. The Labute approximate surface area is 175 Å². The Morgan fingerprint density at radius 1 is 1.21 bits per heavy atom. The van der Waals surface area contributed by atoms with E-state index in [0.717, 1.165) is 31.3 Å². The van der Waals surface area contributed by atoms with Crippen molar-refractivity contribution in [1.29, 1.82) is 0 Å². The average Bonchev–Trinajstić information content (AvgIpc) is 2.63. The maximum Gasteiger partial charge on any atom is 0.308 e. The van der Waals surface area contributed by atoms with Gasteiger partial charge in [-0.1, -0.05) is 32.8 Å². The van der Waals surface area contributed by atoms with E-state index in [9.17, 15) is 14.7 Å². The molecule has 0 bridgehead atoms. The Morgan fingerprint density at radius 3 is 2.48 bits per heavy atom. The predicted molar refractivity (Wildman–Crippen MR) is 111 cm³/mol. The fraction of sp³-hybridized carbons (Fsp3) is 0.833. The molecule has 1 heterocycles. The molecule has 0 aromatic heterocycles. The minimum atomic E-state index is -0.859. The molecule has 0 unspecified atom stereocenters. The number of carboxylic acids is 1. The molecule has 0 radical (unpaired) electrons. The third-order valence-electron chi connectivity index (χ3n) is 8.36. The second-order valence-corrected chi connectivity index (χ2v) is 10.9. The van der Waals surface area contributed by atoms with E-state index in [0.29, 0.717) is 24.5 Å². The molecule has 0 amide bonds. The molecule has 0 aromatic rings. The van der Waals surface area contributed by atoms with Crippen LogP contribution in [0.5, 0.6) is 0 Å². The molecular weight excluding hydrogens is 368 g/mol. The van der Waals surface area contributed by atoms with E-state index in [2.05, 4.69) is 20.8 Å². The number of carbonyl (C=O) groups is 2. The summed E-state index contributed by atoms with van der Waals surface area (Å²) in [6, 6.07) is 0. The van der Waals surface area contributed by atoms with Gasteiger partial charge in [-0.25, -0.2) is 9.78 Å². The van der Waals surface area contributed by atoms with Crippen molar-refractivity contribution >= 4 is 11.8 Å². The van der Waals surface area contributed by atoms with Crippen LogP contribution < -0.4 is 0 Å². The van der Waals surface area contributed by atoms with Crippen molar-refractivity contribution in [3.63, 3.8) is 0 Å². The third-order valence-corrected chi connectivity index (χ3v) is 8.36. The number of carbonyl (C=O) groups excluding carboxylic acids is 1. The van der Waals surface area contributed by atoms with Crippen molar-refractivity contribution in [2.24, 2.45) is 22.7 Å². The molecule has 1 aliphatic heterocycles. The number of aliphatic carboxylic acids is 1. The van der Waals surface area contributed by atoms with Crippen molar-refractivity contribution in [2.75, 3.05) is 0 Å². The third kappa shape index (κ3) is 4.18. The highest BCUT2D eigenvalue weighted by molar-refractivity contribution is 5.97. The predicted octanol–water partition coefficient (Wildman–Crippen LogP) is 5.48. The molecule has 1 saturated carbocycles. The summed E-state index contributed by atoms with van der Waals surface area (Å²) >= 11 is 0. The Morgan fingerprint density at radius 2 is 1.90 bits per heavy atom. The normalized spacial score (nSPS) is 38.5. The first-order valence-corrected chi connectivity index (χ1v) is 11.2. The van der Waals surface area contributed by atoms with E-state index in [1.165, 1.54) is 18.4 Å². The monoisotopic (exact) mass is 406 g/mol. The molecular formula is C24H38O5. The van der Waals surface area contributed by atoms with Gasteiger partial charge in [0, 0.05) is 6.42 Å². The highest BCUT2D eigenvalue weighted by atomic mass is 17.2. The molecule has 2 fully saturated rings. The quantitative estimate of drug-likeness (QED) is 0.612. The zero-order valence-electron chi connectivity index (χ0n) is 19.0. The van der Waals surface area contributed by atoms with Gasteiger partial charge in [0.05, 0.1) is 5.92 Å². The van der Waals surface area contributed by atoms with Crippen LogP contribution in [-0.4, -0.2) is 28.6 Å². The smallest absolute Gasteiger partial charge is 0.308 e. The van der Waals surface area contributed by atoms with Gasteiger partial charge in [-0.05, 0) is 81.6 Å². The van der Waals surface area contributed by atoms with E-state index >= 15 is 0 Å². The summed E-state index contributed by atoms with van der Waals surface area (Å²) in [7, 11) is 0. The van der Waals surface area contributed by atoms with Gasteiger partial charge in [0.1, 0.15) is 11.7 Å². The molecule has 2 aliphatic carbocycles. The van der Waals surface area contributed by atoms with Crippen molar-refractivity contribution < 1.29 is 24.5 Å². The first-order valence-electron chi connectivity index (χ1n) is 11.2. The molecule has 3 rings (SSSR count). The van der Waals surface area contributed by atoms with Gasteiger partial charge in [0.15, 0.2) is 5.78 Å². The Balaban J connectivity index is 1.73. The second kappa shape index (κ2) is 7.81. The summed E-state index contributed by atoms with van der Waals surface area (Å²) in [4.78, 5) is 35.3. The van der Waals surface area contributed by atoms with Crippen LogP contribution in [0.2, 0.25) is 0 Å². The van der Waals surface area contributed by atoms with E-state index in [1.807, 2.05) is 13.8 Å². The van der Waals surface area contributed by atoms with Gasteiger partial charge in [-0.2, -0.15) is 0 Å². The SMILES string of the molecule is CC1=C(CC[C@]2(C)CC[C@H]([C@@H](C)C(=O)O)OO2)[C@@]2(C)CCCC(C)(C)[C@@H]2CC1=O. The van der Waals surface area contributed by atoms with Crippen molar-refractivity contribution in [1.82, 2.24) is 0 Å². The summed E-state index contributed by atoms with van der Waals surface area (Å²) in [5, 5.41) is 9.20. The van der Waals surface area contributed by atoms with Crippen LogP contribution in [0.4, 0.5) is 0 Å². The van der Waals surface area contributed by atoms with Crippen LogP contribution in [0.15, 0.2) is 11.1 Å². The van der Waals surface area contributed by atoms with Gasteiger partial charge >= 0.3 is 5.97 Å². The van der Waals surface area contributed by atoms with Crippen molar-refractivity contribution in [2.45, 2.75) is 105 Å². The van der Waals surface area contributed by atoms with E-state index < -0.39 is 23.6 Å². The molecule has 5 atom stereocenters. The number of hydrogen-bond donors (Lipinski definition) is 1. The number of Topliss-reactive ketones (excluding diaryl/α,β-unsaturated/α-hetero) is 1. The standard InChI is InChI=1S/C24H38O5/c1-15-17(24(6)11-7-10-22(3,4)20(24)14-18(15)25)8-12-23(5)13-9-19(28-29-23)16(2)21(26)27/h16,19-20H,7-14H2,1-6H3,(H,26,27)/t16-,19-,20+,23-,24-/m1/s1. The van der Waals surface area contributed by atoms with Crippen LogP contribution in [0, 0.1) is 22.7 Å². The lowest BCUT2D eigenvalue weighted by Crippen LogP contribution is -2.48. The first kappa shape index (κ1) is 22.5. The van der Waals surface area contributed by atoms with Crippen LogP contribution in [0.1, 0.15) is 92.9 Å². The summed E-state index contributed by atoms with van der Waals surface area (Å²) in [5.74, 6) is -0.738. The highest BCUT2D eigenvalue weighted by Crippen LogP contribution is 2.59. The lowest BCUT2D eigenvalue weighted by molar-refractivity contribution is -0.411. The van der Waals surface area contributed by atoms with Crippen molar-refractivity contribution in [3.05, 3.63) is 11.1 Å². The van der Waals surface area contributed by atoms with Crippen LogP contribution in [0.3, 0.4) is 0 Å². The summed E-state index contributed by atoms with van der Waals surface area (Å²) in [5.41, 5.74) is 2.09. The van der Waals surface area contributed by atoms with Gasteiger partial charge in [0.2, 0.25) is 0 Å². The molecule has 1 saturated heterocycles. The number of fused-ring (bicyclic) bond motifs is 1. The van der Waals surface area contributed by atoms with Crippen LogP contribution in [0.25, 0.3) is 0 Å². The number of allylic oxidation sites excluding steroid dienone is 2. The first-order chi connectivity index (χ1) is 13.4. The topological polar surface area (TPSA) is 72.8 Å². The zero-order valence-corrected chi connectivity index (χ0v) is 19.0. The Hall–Kier alpha value is -1.20. The van der Waals surface area contributed by atoms with E-state index in [1.54, 1.807) is 6.92 Å². The zero-order chi connectivity index (χ0) is 21.6. The minimum Gasteiger partial charge on any atom is -0.481 e. The lowest BCUT2D eigenvalue weighted by atomic mass is 9.49. The van der Waals surface area contributed by atoms with E-state index in [-0.39, 0.29) is 10.8 Å². The number of carboxylic acid groups (broad SMARTS) is 1. The average molecular weight is 407 g/mol. The van der Waals surface area contributed by atoms with Gasteiger partial charge in [-0.3, -0.25) is 9.59 Å². The van der Waals surface area contributed by atoms with Gasteiger partial charge in [-0.15, -0.1) is 0 Å². The maximum absolute atomic E-state index is 12.8. The van der Waals surface area contributed by atoms with Crippen molar-refractivity contribution in [3.8, 4) is 0 Å². The molecule has 0 aromatic carbocycles. The maximum atomic E-state index is 12.8. The summed E-state index contributed by atoms with van der Waals surface area (Å²) in [6.07, 6.45) is 6.86. The Kier molecular flexibility index (Phi) is 6.05. The fourth-order valence-electron chi connectivity index (χ4n) is 6.16.